The topological polar surface area (TPSA) is 97.4 Å². The first-order valence-corrected chi connectivity index (χ1v) is 21.3. The van der Waals surface area contributed by atoms with Crippen LogP contribution in [0.3, 0.4) is 0 Å². The molecule has 7 atom stereocenters. The van der Waals surface area contributed by atoms with Crippen LogP contribution < -0.4 is 14.4 Å². The molecule has 1 spiro atoms. The van der Waals surface area contributed by atoms with E-state index in [1.807, 2.05) is 25.1 Å². The lowest BCUT2D eigenvalue weighted by atomic mass is 9.68. The zero-order valence-corrected chi connectivity index (χ0v) is 32.8. The maximum atomic E-state index is 13.6. The Hall–Kier alpha value is -2.63. The first kappa shape index (κ1) is 37.7. The summed E-state index contributed by atoms with van der Waals surface area (Å²) in [5, 5.41) is -0.0165. The smallest absolute Gasteiger partial charge is 0.264 e. The van der Waals surface area contributed by atoms with E-state index in [1.165, 1.54) is 11.1 Å². The third-order valence-electron chi connectivity index (χ3n) is 12.8. The molecule has 3 heterocycles. The summed E-state index contributed by atoms with van der Waals surface area (Å²) in [4.78, 5) is 18.5. The minimum atomic E-state index is -3.93. The number of ether oxygens (including phenoxy) is 3. The first-order valence-electron chi connectivity index (χ1n) is 19.4. The lowest BCUT2D eigenvalue weighted by Crippen LogP contribution is -2.50. The Kier molecular flexibility index (Phi) is 11.3. The number of fused-ring (bicyclic) bond motifs is 4. The predicted molar refractivity (Wildman–Crippen MR) is 206 cm³/mol. The summed E-state index contributed by atoms with van der Waals surface area (Å²) in [6.07, 6.45) is 9.95. The maximum Gasteiger partial charge on any atom is 0.264 e. The zero-order valence-electron chi connectivity index (χ0n) is 31.2. The van der Waals surface area contributed by atoms with Gasteiger partial charge in [-0.15, -0.1) is 0 Å². The van der Waals surface area contributed by atoms with Crippen LogP contribution in [0.4, 0.5) is 5.69 Å². The molecule has 0 radical (unpaired) electrons. The lowest BCUT2D eigenvalue weighted by Gasteiger charge is -2.46. The van der Waals surface area contributed by atoms with Gasteiger partial charge in [-0.05, 0) is 111 Å². The molecule has 5 aliphatic rings. The van der Waals surface area contributed by atoms with E-state index in [1.54, 1.807) is 13.0 Å². The predicted octanol–water partition coefficient (Wildman–Crippen LogP) is 6.63. The van der Waals surface area contributed by atoms with E-state index < -0.39 is 21.2 Å². The number of nitrogens with one attached hydrogen (secondary N) is 1. The highest BCUT2D eigenvalue weighted by Crippen LogP contribution is 2.47. The summed E-state index contributed by atoms with van der Waals surface area (Å²) >= 11 is 6.48. The van der Waals surface area contributed by atoms with Crippen LogP contribution in [0, 0.1) is 23.7 Å². The molecule has 7 rings (SSSR count). The highest BCUT2D eigenvalue weighted by molar-refractivity contribution is 7.90. The van der Waals surface area contributed by atoms with Crippen LogP contribution in [0.1, 0.15) is 81.3 Å². The fourth-order valence-electron chi connectivity index (χ4n) is 9.18. The van der Waals surface area contributed by atoms with E-state index in [-0.39, 0.29) is 17.4 Å². The molecule has 2 fully saturated rings. The number of carbonyl (C=O) groups is 1. The molecule has 2 aromatic carbocycles. The van der Waals surface area contributed by atoms with Crippen molar-refractivity contribution in [2.45, 2.75) is 89.0 Å². The average molecular weight is 754 g/mol. The molecule has 11 heteroatoms. The van der Waals surface area contributed by atoms with Crippen LogP contribution in [0.25, 0.3) is 0 Å². The number of morpholine rings is 1. The molecule has 0 unspecified atom stereocenters. The standard InChI is InChI=1S/C41H56ClN3O6S/c1-27(2)37-24-49-19-17-44(37)18-20-50-38-9-5-7-28(3)29(4)52(47,48)43-40(46)31-11-15-39-36(22-31)45(23-32-10-13-34(32)38)25-41(26-51-39)16-6-8-30-21-33(42)12-14-35(30)41/h5,9,11-12,14-15,21-22,27-29,32,34,37-38H,6-8,10,13,16-20,23-26H2,1-4H3,(H,43,46)/b9-5-/t28-,29+,32-,34+,37+,38-,41-/m0/s1. The Morgan fingerprint density at radius 3 is 2.77 bits per heavy atom. The minimum absolute atomic E-state index is 0.0791. The molecule has 52 heavy (non-hydrogen) atoms. The van der Waals surface area contributed by atoms with Crippen LogP contribution in [0.5, 0.6) is 5.75 Å². The Labute approximate surface area is 315 Å². The normalized spacial score (nSPS) is 32.9. The van der Waals surface area contributed by atoms with Gasteiger partial charge < -0.3 is 19.1 Å². The summed E-state index contributed by atoms with van der Waals surface area (Å²) in [7, 11) is -3.93. The number of amides is 1. The van der Waals surface area contributed by atoms with E-state index >= 15 is 0 Å². The summed E-state index contributed by atoms with van der Waals surface area (Å²) in [5.74, 6) is 1.09. The Balaban J connectivity index is 1.22. The molecule has 3 aliphatic heterocycles. The fraction of sp³-hybridized carbons (Fsp3) is 0.634. The van der Waals surface area contributed by atoms with Crippen molar-refractivity contribution in [3.05, 3.63) is 70.3 Å². The lowest BCUT2D eigenvalue weighted by molar-refractivity contribution is -0.0559. The van der Waals surface area contributed by atoms with Crippen LogP contribution in [-0.2, 0) is 31.3 Å². The van der Waals surface area contributed by atoms with Crippen LogP contribution in [0.2, 0.25) is 5.02 Å². The van der Waals surface area contributed by atoms with Crippen molar-refractivity contribution in [2.75, 3.05) is 57.5 Å². The first-order chi connectivity index (χ1) is 24.9. The van der Waals surface area contributed by atoms with Gasteiger partial charge >= 0.3 is 0 Å². The van der Waals surface area contributed by atoms with E-state index in [2.05, 4.69) is 52.7 Å². The van der Waals surface area contributed by atoms with Gasteiger partial charge in [0.15, 0.2) is 0 Å². The molecule has 0 aromatic heterocycles. The van der Waals surface area contributed by atoms with Crippen molar-refractivity contribution >= 4 is 33.2 Å². The Morgan fingerprint density at radius 2 is 1.98 bits per heavy atom. The number of sulfonamides is 1. The number of aryl methyl sites for hydroxylation is 1. The Bertz CT molecular complexity index is 1750. The van der Waals surface area contributed by atoms with Crippen molar-refractivity contribution in [2.24, 2.45) is 23.7 Å². The highest BCUT2D eigenvalue weighted by Gasteiger charge is 2.45. The maximum absolute atomic E-state index is 13.6. The van der Waals surface area contributed by atoms with Gasteiger partial charge in [0.05, 0.1) is 43.5 Å². The number of halogens is 1. The summed E-state index contributed by atoms with van der Waals surface area (Å²) in [6, 6.07) is 12.0. The third-order valence-corrected chi connectivity index (χ3v) is 14.9. The van der Waals surface area contributed by atoms with Crippen LogP contribution >= 0.6 is 11.6 Å². The third kappa shape index (κ3) is 7.79. The number of nitrogens with zero attached hydrogens (tertiary/aromatic N) is 2. The van der Waals surface area contributed by atoms with Crippen molar-refractivity contribution in [3.8, 4) is 5.75 Å². The molecule has 2 aromatic rings. The number of hydrogen-bond donors (Lipinski definition) is 1. The largest absolute Gasteiger partial charge is 0.490 e. The zero-order chi connectivity index (χ0) is 36.6. The average Bonchev–Trinajstić information content (AvgIpc) is 3.25. The van der Waals surface area contributed by atoms with E-state index in [0.29, 0.717) is 54.7 Å². The number of allylic oxidation sites excluding steroid dienone is 1. The van der Waals surface area contributed by atoms with E-state index in [4.69, 9.17) is 25.8 Å². The molecule has 284 valence electrons. The van der Waals surface area contributed by atoms with Gasteiger partial charge in [0.2, 0.25) is 10.0 Å². The second kappa shape index (κ2) is 15.6. The SMILES string of the molecule is CC(C)[C@H]1COCCN1CCO[C@H]1/C=C\C[C@H](C)[C@@H](C)S(=O)(=O)NC(=O)c2ccc3c(c2)N(C[C@@H]2CC[C@H]21)C[C@@]1(CCCc2cc(Cl)ccc21)CO3. The summed E-state index contributed by atoms with van der Waals surface area (Å²) < 4.78 is 48.7. The van der Waals surface area contributed by atoms with Gasteiger partial charge in [-0.3, -0.25) is 9.69 Å². The molecular weight excluding hydrogens is 698 g/mol. The number of anilines is 1. The summed E-state index contributed by atoms with van der Waals surface area (Å²) in [5.41, 5.74) is 3.45. The van der Waals surface area contributed by atoms with Crippen molar-refractivity contribution in [3.63, 3.8) is 0 Å². The molecule has 1 amide bonds. The van der Waals surface area contributed by atoms with Gasteiger partial charge in [0, 0.05) is 48.2 Å². The molecule has 1 N–H and O–H groups in total. The minimum Gasteiger partial charge on any atom is -0.490 e. The van der Waals surface area contributed by atoms with E-state index in [9.17, 15) is 13.2 Å². The Morgan fingerprint density at radius 1 is 1.13 bits per heavy atom. The molecule has 9 nitrogen and oxygen atoms in total. The van der Waals surface area contributed by atoms with Gasteiger partial charge in [0.1, 0.15) is 5.75 Å². The van der Waals surface area contributed by atoms with Crippen molar-refractivity contribution in [1.29, 1.82) is 0 Å². The van der Waals surface area contributed by atoms with E-state index in [0.717, 1.165) is 82.2 Å². The van der Waals surface area contributed by atoms with Crippen molar-refractivity contribution < 1.29 is 27.4 Å². The highest BCUT2D eigenvalue weighted by atomic mass is 35.5. The van der Waals surface area contributed by atoms with Gasteiger partial charge in [-0.25, -0.2) is 13.1 Å². The monoisotopic (exact) mass is 753 g/mol. The van der Waals surface area contributed by atoms with Gasteiger partial charge in [-0.2, -0.15) is 0 Å². The van der Waals surface area contributed by atoms with Gasteiger partial charge in [-0.1, -0.05) is 50.6 Å². The summed E-state index contributed by atoms with van der Waals surface area (Å²) in [6.45, 7) is 14.0. The molecule has 2 bridgehead atoms. The van der Waals surface area contributed by atoms with Crippen LogP contribution in [-0.4, -0.2) is 89.2 Å². The number of rotatable bonds is 5. The number of hydrogen-bond acceptors (Lipinski definition) is 8. The molecule has 1 saturated carbocycles. The number of carbonyl (C=O) groups excluding carboxylic acids is 1. The molecule has 2 aliphatic carbocycles. The second-order valence-electron chi connectivity index (χ2n) is 16.4. The molecular formula is C41H56ClN3O6S. The second-order valence-corrected chi connectivity index (χ2v) is 18.8. The van der Waals surface area contributed by atoms with Crippen LogP contribution in [0.15, 0.2) is 48.6 Å². The van der Waals surface area contributed by atoms with Gasteiger partial charge in [0.25, 0.3) is 5.91 Å². The van der Waals surface area contributed by atoms with Crippen molar-refractivity contribution in [1.82, 2.24) is 9.62 Å². The fourth-order valence-corrected chi connectivity index (χ4v) is 10.7. The number of benzene rings is 2. The quantitative estimate of drug-likeness (QED) is 0.341. The molecule has 1 saturated heterocycles.